The van der Waals surface area contributed by atoms with Gasteiger partial charge in [0.1, 0.15) is 11.6 Å². The first-order valence-electron chi connectivity index (χ1n) is 12.5. The van der Waals surface area contributed by atoms with Crippen molar-refractivity contribution in [3.05, 3.63) is 77.9 Å². The van der Waals surface area contributed by atoms with Crippen LogP contribution >= 0.6 is 0 Å². The van der Waals surface area contributed by atoms with Gasteiger partial charge in [0.15, 0.2) is 9.84 Å². The van der Waals surface area contributed by atoms with E-state index in [9.17, 15) is 17.6 Å². The third-order valence-electron chi connectivity index (χ3n) is 7.18. The van der Waals surface area contributed by atoms with Gasteiger partial charge in [-0.3, -0.25) is 9.78 Å². The van der Waals surface area contributed by atoms with Crippen LogP contribution in [-0.2, 0) is 21.1 Å². The first-order chi connectivity index (χ1) is 18.7. The number of halogens is 1. The highest BCUT2D eigenvalue weighted by molar-refractivity contribution is 7.90. The molecule has 4 aromatic rings. The molecule has 0 aliphatic carbocycles. The lowest BCUT2D eigenvalue weighted by Gasteiger charge is -2.47. The minimum atomic E-state index is -3.66. The van der Waals surface area contributed by atoms with Crippen molar-refractivity contribution in [1.29, 1.82) is 0 Å². The zero-order valence-corrected chi connectivity index (χ0v) is 22.0. The largest absolute Gasteiger partial charge is 0.381 e. The standard InChI is InChI=1S/C28H26FN5O4S/c1-39(36,37)22-10-19(9-20(29)11-22)27(35)31-14-21-12-25-18(13-30-21)5-6-24(32-25)23-3-2-4-26(33-23)34-15-28(16-34)7-8-38-17-28/h2-6,9-13H,7-8,14-17H2,1H3,(H,31,35). The van der Waals surface area contributed by atoms with Gasteiger partial charge in [0.05, 0.1) is 40.6 Å². The molecule has 11 heteroatoms. The van der Waals surface area contributed by atoms with Crippen molar-refractivity contribution in [2.45, 2.75) is 17.9 Å². The Kier molecular flexibility index (Phi) is 6.27. The molecule has 0 radical (unpaired) electrons. The minimum Gasteiger partial charge on any atom is -0.381 e. The lowest BCUT2D eigenvalue weighted by Crippen LogP contribution is -2.57. The van der Waals surface area contributed by atoms with Crippen LogP contribution in [0.15, 0.2) is 65.7 Å². The second kappa shape index (κ2) is 9.65. The quantitative estimate of drug-likeness (QED) is 0.391. The van der Waals surface area contributed by atoms with Gasteiger partial charge in [-0.1, -0.05) is 6.07 Å². The first kappa shape index (κ1) is 25.3. The minimum absolute atomic E-state index is 0.0551. The summed E-state index contributed by atoms with van der Waals surface area (Å²) in [7, 11) is -3.66. The van der Waals surface area contributed by atoms with E-state index in [0.717, 1.165) is 79.8 Å². The van der Waals surface area contributed by atoms with Gasteiger partial charge in [-0.25, -0.2) is 22.8 Å². The van der Waals surface area contributed by atoms with Gasteiger partial charge in [-0.05, 0) is 55.0 Å². The predicted molar refractivity (Wildman–Crippen MR) is 144 cm³/mol. The number of nitrogens with one attached hydrogen (secondary N) is 1. The molecule has 200 valence electrons. The van der Waals surface area contributed by atoms with E-state index in [2.05, 4.69) is 15.2 Å². The van der Waals surface area contributed by atoms with Crippen molar-refractivity contribution in [2.75, 3.05) is 37.5 Å². The number of sulfone groups is 1. The number of aromatic nitrogens is 3. The fraction of sp³-hybridized carbons (Fsp3) is 0.286. The molecule has 1 spiro atoms. The van der Waals surface area contributed by atoms with Gasteiger partial charge in [0.2, 0.25) is 0 Å². The second-order valence-corrected chi connectivity index (χ2v) is 12.3. The summed E-state index contributed by atoms with van der Waals surface area (Å²) in [6.45, 7) is 3.59. The normalized spacial score (nSPS) is 16.4. The van der Waals surface area contributed by atoms with E-state index < -0.39 is 21.6 Å². The Balaban J connectivity index is 1.18. The Labute approximate surface area is 225 Å². The highest BCUT2D eigenvalue weighted by Gasteiger charge is 2.46. The number of pyridine rings is 3. The van der Waals surface area contributed by atoms with Gasteiger partial charge in [-0.2, -0.15) is 0 Å². The monoisotopic (exact) mass is 547 g/mol. The summed E-state index contributed by atoms with van der Waals surface area (Å²) in [5.41, 5.74) is 2.90. The van der Waals surface area contributed by atoms with Crippen LogP contribution in [0, 0.1) is 11.2 Å². The maximum absolute atomic E-state index is 13.9. The number of fused-ring (bicyclic) bond motifs is 1. The molecule has 0 atom stereocenters. The van der Waals surface area contributed by atoms with Crippen LogP contribution in [0.1, 0.15) is 22.5 Å². The summed E-state index contributed by atoms with van der Waals surface area (Å²) in [6, 6.07) is 14.6. The molecular weight excluding hydrogens is 521 g/mol. The number of anilines is 1. The van der Waals surface area contributed by atoms with Gasteiger partial charge in [-0.15, -0.1) is 0 Å². The Morgan fingerprint density at radius 1 is 1.10 bits per heavy atom. The molecule has 0 unspecified atom stereocenters. The zero-order valence-electron chi connectivity index (χ0n) is 21.2. The molecule has 2 aliphatic heterocycles. The number of rotatable bonds is 6. The van der Waals surface area contributed by atoms with Gasteiger partial charge in [0, 0.05) is 48.5 Å². The van der Waals surface area contributed by atoms with Crippen LogP contribution < -0.4 is 10.2 Å². The number of amides is 1. The number of hydrogen-bond acceptors (Lipinski definition) is 8. The van der Waals surface area contributed by atoms with Crippen molar-refractivity contribution in [3.8, 4) is 11.4 Å². The topological polar surface area (TPSA) is 114 Å². The van der Waals surface area contributed by atoms with E-state index in [-0.39, 0.29) is 22.4 Å². The Morgan fingerprint density at radius 2 is 1.92 bits per heavy atom. The average molecular weight is 548 g/mol. The fourth-order valence-electron chi connectivity index (χ4n) is 5.04. The highest BCUT2D eigenvalue weighted by atomic mass is 32.2. The molecule has 5 heterocycles. The van der Waals surface area contributed by atoms with Gasteiger partial charge >= 0.3 is 0 Å². The molecule has 2 aliphatic rings. The van der Waals surface area contributed by atoms with Crippen LogP contribution in [0.4, 0.5) is 10.2 Å². The van der Waals surface area contributed by atoms with E-state index in [1.165, 1.54) is 0 Å². The third kappa shape index (κ3) is 5.19. The maximum atomic E-state index is 13.9. The van der Waals surface area contributed by atoms with Crippen molar-refractivity contribution in [3.63, 3.8) is 0 Å². The molecule has 39 heavy (non-hydrogen) atoms. The second-order valence-electron chi connectivity index (χ2n) is 10.2. The number of carbonyl (C=O) groups is 1. The lowest BCUT2D eigenvalue weighted by molar-refractivity contribution is 0.0949. The van der Waals surface area contributed by atoms with Crippen molar-refractivity contribution in [2.24, 2.45) is 5.41 Å². The molecule has 0 bridgehead atoms. The maximum Gasteiger partial charge on any atom is 0.251 e. The van der Waals surface area contributed by atoms with Crippen molar-refractivity contribution >= 4 is 32.5 Å². The van der Waals surface area contributed by atoms with Crippen LogP contribution in [0.3, 0.4) is 0 Å². The van der Waals surface area contributed by atoms with Gasteiger partial charge in [0.25, 0.3) is 5.91 Å². The Hall–Kier alpha value is -3.96. The molecule has 3 aromatic heterocycles. The first-order valence-corrected chi connectivity index (χ1v) is 14.4. The summed E-state index contributed by atoms with van der Waals surface area (Å²) >= 11 is 0. The molecule has 9 nitrogen and oxygen atoms in total. The van der Waals surface area contributed by atoms with E-state index >= 15 is 0 Å². The smallest absolute Gasteiger partial charge is 0.251 e. The molecule has 2 saturated heterocycles. The van der Waals surface area contributed by atoms with E-state index in [1.54, 1.807) is 12.3 Å². The molecule has 1 amide bonds. The summed E-state index contributed by atoms with van der Waals surface area (Å²) in [6.07, 6.45) is 3.72. The lowest BCUT2D eigenvalue weighted by atomic mass is 9.79. The molecule has 6 rings (SSSR count). The number of benzene rings is 1. The number of hydrogen-bond donors (Lipinski definition) is 1. The van der Waals surface area contributed by atoms with Crippen LogP contribution in [-0.4, -0.2) is 61.8 Å². The zero-order chi connectivity index (χ0) is 27.2. The molecule has 2 fully saturated rings. The Morgan fingerprint density at radius 3 is 2.69 bits per heavy atom. The van der Waals surface area contributed by atoms with E-state index in [4.69, 9.17) is 14.7 Å². The summed E-state index contributed by atoms with van der Waals surface area (Å²) in [5.74, 6) is -0.495. The summed E-state index contributed by atoms with van der Waals surface area (Å²) < 4.78 is 43.1. The van der Waals surface area contributed by atoms with E-state index in [0.29, 0.717) is 11.2 Å². The van der Waals surface area contributed by atoms with E-state index in [1.807, 2.05) is 30.3 Å². The number of ether oxygens (including phenoxy) is 1. The summed E-state index contributed by atoms with van der Waals surface area (Å²) in [5, 5.41) is 3.50. The van der Waals surface area contributed by atoms with Crippen LogP contribution in [0.2, 0.25) is 0 Å². The van der Waals surface area contributed by atoms with Crippen molar-refractivity contribution < 1.29 is 22.3 Å². The van der Waals surface area contributed by atoms with Crippen molar-refractivity contribution in [1.82, 2.24) is 20.3 Å². The van der Waals surface area contributed by atoms with Gasteiger partial charge < -0.3 is 15.0 Å². The SMILES string of the molecule is CS(=O)(=O)c1cc(F)cc(C(=O)NCc2cc3nc(-c4cccc(N5CC6(CCOC6)C5)n4)ccc3cn2)c1. The Bertz CT molecular complexity index is 1700. The summed E-state index contributed by atoms with van der Waals surface area (Å²) in [4.78, 5) is 28.6. The molecule has 0 saturated carbocycles. The number of nitrogens with zero attached hydrogens (tertiary/aromatic N) is 4. The number of carbonyl (C=O) groups excluding carboxylic acids is 1. The molecule has 1 aromatic carbocycles. The highest BCUT2D eigenvalue weighted by Crippen LogP contribution is 2.40. The molecule has 1 N–H and O–H groups in total. The third-order valence-corrected chi connectivity index (χ3v) is 8.27. The predicted octanol–water partition coefficient (Wildman–Crippen LogP) is 3.39. The van der Waals surface area contributed by atoms with Crippen LogP contribution in [0.5, 0.6) is 0 Å². The molecular formula is C28H26FN5O4S. The fourth-order valence-corrected chi connectivity index (χ4v) is 5.71. The van der Waals surface area contributed by atoms with Crippen LogP contribution in [0.25, 0.3) is 22.3 Å². The average Bonchev–Trinajstić information content (AvgIpc) is 3.40.